The third-order valence-corrected chi connectivity index (χ3v) is 2.47. The Morgan fingerprint density at radius 1 is 1.35 bits per heavy atom. The van der Waals surface area contributed by atoms with Gasteiger partial charge < -0.3 is 9.84 Å². The molecule has 0 aliphatic rings. The predicted octanol–water partition coefficient (Wildman–Crippen LogP) is 2.49. The summed E-state index contributed by atoms with van der Waals surface area (Å²) in [6.45, 7) is 5.17. The number of carbonyl (C=O) groups is 1. The Bertz CT molecular complexity index is 357. The van der Waals surface area contributed by atoms with Gasteiger partial charge in [-0.2, -0.15) is 0 Å². The van der Waals surface area contributed by atoms with Gasteiger partial charge >= 0.3 is 0 Å². The fraction of sp³-hybridized carbons (Fsp3) is 0.500. The monoisotopic (exact) mass is 236 g/mol. The van der Waals surface area contributed by atoms with Crippen LogP contribution >= 0.6 is 0 Å². The van der Waals surface area contributed by atoms with Crippen LogP contribution in [0.4, 0.5) is 0 Å². The van der Waals surface area contributed by atoms with Gasteiger partial charge in [-0.3, -0.25) is 4.79 Å². The normalized spacial score (nSPS) is 13.4. The average Bonchev–Trinajstić information content (AvgIpc) is 2.25. The van der Waals surface area contributed by atoms with E-state index in [9.17, 15) is 9.90 Å². The minimum atomic E-state index is -0.560. The standard InChI is InChI=1S/C14H20O3/c1-11(16)9-14(2,3)17-13(10-15)12-7-5-4-6-8-12/h4-8,13,15H,9-10H2,1-3H3. The number of hydrogen-bond acceptors (Lipinski definition) is 3. The zero-order valence-corrected chi connectivity index (χ0v) is 10.6. The topological polar surface area (TPSA) is 46.5 Å². The molecule has 1 N–H and O–H groups in total. The molecule has 3 heteroatoms. The van der Waals surface area contributed by atoms with Gasteiger partial charge in [0.1, 0.15) is 11.9 Å². The summed E-state index contributed by atoms with van der Waals surface area (Å²) in [6.07, 6.45) is -0.0402. The molecule has 0 fully saturated rings. The minimum Gasteiger partial charge on any atom is -0.393 e. The van der Waals surface area contributed by atoms with Crippen LogP contribution in [0.25, 0.3) is 0 Å². The molecule has 0 amide bonds. The van der Waals surface area contributed by atoms with E-state index in [2.05, 4.69) is 0 Å². The van der Waals surface area contributed by atoms with Crippen molar-refractivity contribution in [3.05, 3.63) is 35.9 Å². The lowest BCUT2D eigenvalue weighted by atomic mass is 10.0. The minimum absolute atomic E-state index is 0.0831. The van der Waals surface area contributed by atoms with Crippen molar-refractivity contribution >= 4 is 5.78 Å². The molecule has 1 aromatic rings. The second-order valence-electron chi connectivity index (χ2n) is 4.84. The first-order valence-corrected chi connectivity index (χ1v) is 5.77. The predicted molar refractivity (Wildman–Crippen MR) is 66.7 cm³/mol. The molecule has 0 aliphatic carbocycles. The van der Waals surface area contributed by atoms with Crippen LogP contribution < -0.4 is 0 Å². The van der Waals surface area contributed by atoms with Crippen molar-refractivity contribution in [1.82, 2.24) is 0 Å². The van der Waals surface area contributed by atoms with Crippen LogP contribution in [0.1, 0.15) is 38.9 Å². The number of Topliss-reactive ketones (excluding diaryl/α,β-unsaturated/α-hetero) is 1. The molecule has 1 unspecified atom stereocenters. The highest BCUT2D eigenvalue weighted by molar-refractivity contribution is 5.76. The number of hydrogen-bond donors (Lipinski definition) is 1. The summed E-state index contributed by atoms with van der Waals surface area (Å²) < 4.78 is 5.81. The SMILES string of the molecule is CC(=O)CC(C)(C)OC(CO)c1ccccc1. The molecule has 94 valence electrons. The van der Waals surface area contributed by atoms with Gasteiger partial charge in [0.05, 0.1) is 12.2 Å². The van der Waals surface area contributed by atoms with E-state index in [0.717, 1.165) is 5.56 Å². The molecule has 0 bridgehead atoms. The Labute approximate surface area is 102 Å². The Kier molecular flexibility index (Phi) is 4.85. The van der Waals surface area contributed by atoms with Crippen molar-refractivity contribution in [3.8, 4) is 0 Å². The van der Waals surface area contributed by atoms with E-state index in [4.69, 9.17) is 4.74 Å². The molecule has 0 radical (unpaired) electrons. The van der Waals surface area contributed by atoms with Gasteiger partial charge in [-0.1, -0.05) is 30.3 Å². The van der Waals surface area contributed by atoms with E-state index < -0.39 is 5.60 Å². The maximum Gasteiger partial charge on any atom is 0.132 e. The zero-order valence-electron chi connectivity index (χ0n) is 10.6. The van der Waals surface area contributed by atoms with Gasteiger partial charge in [0.15, 0.2) is 0 Å². The number of aliphatic hydroxyl groups excluding tert-OH is 1. The summed E-state index contributed by atoms with van der Waals surface area (Å²) in [5.74, 6) is 0.0831. The van der Waals surface area contributed by atoms with E-state index in [-0.39, 0.29) is 18.5 Å². The lowest BCUT2D eigenvalue weighted by Gasteiger charge is -2.29. The highest BCUT2D eigenvalue weighted by Crippen LogP contribution is 2.26. The van der Waals surface area contributed by atoms with Crippen LogP contribution in [-0.4, -0.2) is 23.1 Å². The summed E-state index contributed by atoms with van der Waals surface area (Å²) in [7, 11) is 0. The average molecular weight is 236 g/mol. The van der Waals surface area contributed by atoms with E-state index in [1.165, 1.54) is 0 Å². The maximum absolute atomic E-state index is 11.1. The third kappa shape index (κ3) is 4.67. The number of carbonyl (C=O) groups excluding carboxylic acids is 1. The number of ketones is 1. The lowest BCUT2D eigenvalue weighted by Crippen LogP contribution is -2.30. The van der Waals surface area contributed by atoms with Gasteiger partial charge in [-0.05, 0) is 26.3 Å². The fourth-order valence-corrected chi connectivity index (χ4v) is 1.90. The smallest absolute Gasteiger partial charge is 0.132 e. The Morgan fingerprint density at radius 2 is 1.94 bits per heavy atom. The molecule has 0 saturated carbocycles. The molecule has 0 aromatic heterocycles. The summed E-state index contributed by atoms with van der Waals surface area (Å²) in [5, 5.41) is 9.37. The molecule has 0 spiro atoms. The van der Waals surface area contributed by atoms with E-state index in [1.54, 1.807) is 6.92 Å². The molecule has 1 atom stereocenters. The fourth-order valence-electron chi connectivity index (χ4n) is 1.90. The van der Waals surface area contributed by atoms with Crippen LogP contribution in [0.15, 0.2) is 30.3 Å². The first kappa shape index (κ1) is 13.9. The molecule has 1 aromatic carbocycles. The van der Waals surface area contributed by atoms with Crippen LogP contribution in [0, 0.1) is 0 Å². The van der Waals surface area contributed by atoms with Crippen molar-refractivity contribution in [2.24, 2.45) is 0 Å². The van der Waals surface area contributed by atoms with Crippen LogP contribution in [0.3, 0.4) is 0 Å². The Morgan fingerprint density at radius 3 is 2.41 bits per heavy atom. The molecule has 0 saturated heterocycles. The first-order valence-electron chi connectivity index (χ1n) is 5.77. The Hall–Kier alpha value is -1.19. The van der Waals surface area contributed by atoms with Crippen molar-refractivity contribution in [1.29, 1.82) is 0 Å². The van der Waals surface area contributed by atoms with Crippen molar-refractivity contribution < 1.29 is 14.6 Å². The first-order chi connectivity index (χ1) is 7.94. The lowest BCUT2D eigenvalue weighted by molar-refractivity contribution is -0.131. The summed E-state index contributed by atoms with van der Waals surface area (Å²) >= 11 is 0. The van der Waals surface area contributed by atoms with Gasteiger partial charge in [0.2, 0.25) is 0 Å². The van der Waals surface area contributed by atoms with Crippen molar-refractivity contribution in [3.63, 3.8) is 0 Å². The van der Waals surface area contributed by atoms with Gasteiger partial charge in [0.25, 0.3) is 0 Å². The number of aliphatic hydroxyl groups is 1. The summed E-state index contributed by atoms with van der Waals surface area (Å²) in [6, 6.07) is 9.53. The number of ether oxygens (including phenoxy) is 1. The van der Waals surface area contributed by atoms with E-state index in [0.29, 0.717) is 6.42 Å². The quantitative estimate of drug-likeness (QED) is 0.825. The molecule has 1 rings (SSSR count). The van der Waals surface area contributed by atoms with Crippen LogP contribution in [-0.2, 0) is 9.53 Å². The molecule has 17 heavy (non-hydrogen) atoms. The summed E-state index contributed by atoms with van der Waals surface area (Å²) in [4.78, 5) is 11.1. The molecule has 0 heterocycles. The Balaban J connectivity index is 2.73. The van der Waals surface area contributed by atoms with Crippen LogP contribution in [0.2, 0.25) is 0 Å². The highest BCUT2D eigenvalue weighted by atomic mass is 16.5. The number of benzene rings is 1. The largest absolute Gasteiger partial charge is 0.393 e. The van der Waals surface area contributed by atoms with Crippen molar-refractivity contribution in [2.75, 3.05) is 6.61 Å². The van der Waals surface area contributed by atoms with E-state index in [1.807, 2.05) is 44.2 Å². The third-order valence-electron chi connectivity index (χ3n) is 2.47. The van der Waals surface area contributed by atoms with Crippen LogP contribution in [0.5, 0.6) is 0 Å². The summed E-state index contributed by atoms with van der Waals surface area (Å²) in [5.41, 5.74) is 0.362. The zero-order chi connectivity index (χ0) is 12.9. The number of rotatable bonds is 6. The van der Waals surface area contributed by atoms with Gasteiger partial charge in [-0.25, -0.2) is 0 Å². The second-order valence-corrected chi connectivity index (χ2v) is 4.84. The molecule has 0 aliphatic heterocycles. The van der Waals surface area contributed by atoms with Gasteiger partial charge in [-0.15, -0.1) is 0 Å². The maximum atomic E-state index is 11.1. The van der Waals surface area contributed by atoms with E-state index >= 15 is 0 Å². The molecular formula is C14H20O3. The second kappa shape index (κ2) is 5.94. The molecule has 3 nitrogen and oxygen atoms in total. The molecular weight excluding hydrogens is 216 g/mol. The highest BCUT2D eigenvalue weighted by Gasteiger charge is 2.25. The van der Waals surface area contributed by atoms with Crippen molar-refractivity contribution in [2.45, 2.75) is 38.9 Å². The van der Waals surface area contributed by atoms with Gasteiger partial charge in [0, 0.05) is 6.42 Å².